The summed E-state index contributed by atoms with van der Waals surface area (Å²) >= 11 is 0. The molecule has 2 aromatic carbocycles. The Balaban J connectivity index is 1.99. The molecular formula is C19H24N2O4S. The number of methoxy groups -OCH3 is 1. The van der Waals surface area contributed by atoms with Gasteiger partial charge in [0.15, 0.2) is 0 Å². The van der Waals surface area contributed by atoms with E-state index in [0.29, 0.717) is 18.0 Å². The number of carbonyl (C=O) groups excluding carboxylic acids is 1. The summed E-state index contributed by atoms with van der Waals surface area (Å²) in [6.45, 7) is 2.47. The second kappa shape index (κ2) is 8.71. The molecule has 0 radical (unpaired) electrons. The molecule has 1 N–H and O–H groups in total. The Labute approximate surface area is 154 Å². The predicted molar refractivity (Wildman–Crippen MR) is 103 cm³/mol. The van der Waals surface area contributed by atoms with Gasteiger partial charge in [-0.3, -0.25) is 9.10 Å². The molecule has 1 amide bonds. The van der Waals surface area contributed by atoms with Crippen LogP contribution in [0.15, 0.2) is 48.5 Å². The van der Waals surface area contributed by atoms with Crippen LogP contribution in [0.3, 0.4) is 0 Å². The van der Waals surface area contributed by atoms with Gasteiger partial charge in [0.25, 0.3) is 0 Å². The average Bonchev–Trinajstić information content (AvgIpc) is 2.59. The molecule has 0 saturated carbocycles. The largest absolute Gasteiger partial charge is 0.497 e. The maximum absolute atomic E-state index is 12.1. The second-order valence-corrected chi connectivity index (χ2v) is 7.96. The highest BCUT2D eigenvalue weighted by atomic mass is 32.2. The normalized spacial score (nSPS) is 11.0. The van der Waals surface area contributed by atoms with Crippen LogP contribution in [0.1, 0.15) is 17.5 Å². The van der Waals surface area contributed by atoms with Crippen molar-refractivity contribution in [3.63, 3.8) is 0 Å². The summed E-state index contributed by atoms with van der Waals surface area (Å²) < 4.78 is 30.6. The first kappa shape index (κ1) is 19.8. The molecule has 0 aliphatic carbocycles. The summed E-state index contributed by atoms with van der Waals surface area (Å²) in [6.07, 6.45) is 1.19. The van der Waals surface area contributed by atoms with Crippen molar-refractivity contribution >= 4 is 21.6 Å². The standard InChI is InChI=1S/C19H24N2O4S/c1-15-6-4-7-16(12-15)14-20-19(22)10-11-21(26(3,23)24)17-8-5-9-18(13-17)25-2/h4-9,12-13H,10-11,14H2,1-3H3,(H,20,22). The van der Waals surface area contributed by atoms with Gasteiger partial charge in [0.2, 0.25) is 15.9 Å². The molecule has 0 unspecified atom stereocenters. The lowest BCUT2D eigenvalue weighted by Gasteiger charge is -2.22. The molecule has 0 fully saturated rings. The number of hydrogen-bond donors (Lipinski definition) is 1. The van der Waals surface area contributed by atoms with Crippen molar-refractivity contribution in [2.24, 2.45) is 0 Å². The van der Waals surface area contributed by atoms with E-state index in [4.69, 9.17) is 4.74 Å². The molecule has 0 saturated heterocycles. The molecule has 2 rings (SSSR count). The SMILES string of the molecule is COc1cccc(N(CCC(=O)NCc2cccc(C)c2)S(C)(=O)=O)c1. The van der Waals surface area contributed by atoms with Gasteiger partial charge in [-0.05, 0) is 24.6 Å². The van der Waals surface area contributed by atoms with Crippen molar-refractivity contribution in [3.8, 4) is 5.75 Å². The third kappa shape index (κ3) is 5.77. The lowest BCUT2D eigenvalue weighted by atomic mass is 10.1. The quantitative estimate of drug-likeness (QED) is 0.768. The number of benzene rings is 2. The molecule has 0 heterocycles. The number of carbonyl (C=O) groups is 1. The van der Waals surface area contributed by atoms with Crippen LogP contribution in [0.5, 0.6) is 5.75 Å². The first-order chi connectivity index (χ1) is 12.3. The molecule has 0 aromatic heterocycles. The number of amides is 1. The number of aryl methyl sites for hydroxylation is 1. The summed E-state index contributed by atoms with van der Waals surface area (Å²) in [7, 11) is -2.00. The zero-order valence-electron chi connectivity index (χ0n) is 15.2. The molecule has 6 nitrogen and oxygen atoms in total. The Morgan fingerprint density at radius 2 is 1.88 bits per heavy atom. The van der Waals surface area contributed by atoms with Gasteiger partial charge in [0.1, 0.15) is 5.75 Å². The minimum absolute atomic E-state index is 0.0612. The van der Waals surface area contributed by atoms with E-state index >= 15 is 0 Å². The molecular weight excluding hydrogens is 352 g/mol. The van der Waals surface area contributed by atoms with Crippen molar-refractivity contribution in [2.75, 3.05) is 24.2 Å². The Kier molecular flexibility index (Phi) is 6.63. The van der Waals surface area contributed by atoms with Gasteiger partial charge in [-0.2, -0.15) is 0 Å². The van der Waals surface area contributed by atoms with Gasteiger partial charge < -0.3 is 10.1 Å². The van der Waals surface area contributed by atoms with Crippen LogP contribution in [-0.4, -0.2) is 34.2 Å². The van der Waals surface area contributed by atoms with Crippen molar-refractivity contribution < 1.29 is 17.9 Å². The zero-order chi connectivity index (χ0) is 19.2. The maximum atomic E-state index is 12.1. The number of ether oxygens (including phenoxy) is 1. The van der Waals surface area contributed by atoms with Gasteiger partial charge in [-0.25, -0.2) is 8.42 Å². The number of nitrogens with zero attached hydrogens (tertiary/aromatic N) is 1. The number of nitrogens with one attached hydrogen (secondary N) is 1. The molecule has 0 aliphatic heterocycles. The van der Waals surface area contributed by atoms with Crippen molar-refractivity contribution in [2.45, 2.75) is 19.9 Å². The molecule has 0 spiro atoms. The fourth-order valence-corrected chi connectivity index (χ4v) is 3.49. The Morgan fingerprint density at radius 1 is 1.15 bits per heavy atom. The third-order valence-electron chi connectivity index (χ3n) is 3.86. The lowest BCUT2D eigenvalue weighted by Crippen LogP contribution is -2.34. The number of sulfonamides is 1. The van der Waals surface area contributed by atoms with E-state index in [1.807, 2.05) is 31.2 Å². The minimum atomic E-state index is -3.51. The molecule has 0 bridgehead atoms. The number of hydrogen-bond acceptors (Lipinski definition) is 4. The third-order valence-corrected chi connectivity index (χ3v) is 5.05. The molecule has 0 atom stereocenters. The van der Waals surface area contributed by atoms with Gasteiger partial charge in [-0.1, -0.05) is 35.9 Å². The smallest absolute Gasteiger partial charge is 0.232 e. The summed E-state index contributed by atoms with van der Waals surface area (Å²) in [4.78, 5) is 12.1. The van der Waals surface area contributed by atoms with Gasteiger partial charge in [-0.15, -0.1) is 0 Å². The molecule has 7 heteroatoms. The minimum Gasteiger partial charge on any atom is -0.497 e. The van der Waals surface area contributed by atoms with Crippen molar-refractivity contribution in [1.82, 2.24) is 5.32 Å². The van der Waals surface area contributed by atoms with E-state index < -0.39 is 10.0 Å². The van der Waals surface area contributed by atoms with Crippen LogP contribution in [0.4, 0.5) is 5.69 Å². The highest BCUT2D eigenvalue weighted by Gasteiger charge is 2.19. The van der Waals surface area contributed by atoms with Gasteiger partial charge >= 0.3 is 0 Å². The molecule has 2 aromatic rings. The molecule has 0 aliphatic rings. The summed E-state index contributed by atoms with van der Waals surface area (Å²) in [5.74, 6) is 0.350. The van der Waals surface area contributed by atoms with Crippen LogP contribution in [-0.2, 0) is 21.4 Å². The van der Waals surface area contributed by atoms with Crippen LogP contribution in [0.2, 0.25) is 0 Å². The van der Waals surface area contributed by atoms with Crippen molar-refractivity contribution in [3.05, 3.63) is 59.7 Å². The van der Waals surface area contributed by atoms with Gasteiger partial charge in [0, 0.05) is 25.6 Å². The fourth-order valence-electron chi connectivity index (χ4n) is 2.57. The van der Waals surface area contributed by atoms with Crippen molar-refractivity contribution in [1.29, 1.82) is 0 Å². The van der Waals surface area contributed by atoms with E-state index in [0.717, 1.165) is 17.4 Å². The van der Waals surface area contributed by atoms with E-state index in [9.17, 15) is 13.2 Å². The average molecular weight is 376 g/mol. The lowest BCUT2D eigenvalue weighted by molar-refractivity contribution is -0.121. The van der Waals surface area contributed by atoms with E-state index in [1.54, 1.807) is 24.3 Å². The van der Waals surface area contributed by atoms with E-state index in [2.05, 4.69) is 5.32 Å². The predicted octanol–water partition coefficient (Wildman–Crippen LogP) is 2.48. The van der Waals surface area contributed by atoms with Crippen LogP contribution < -0.4 is 14.4 Å². The zero-order valence-corrected chi connectivity index (χ0v) is 16.0. The first-order valence-corrected chi connectivity index (χ1v) is 10.1. The maximum Gasteiger partial charge on any atom is 0.232 e. The monoisotopic (exact) mass is 376 g/mol. The fraction of sp³-hybridized carbons (Fsp3) is 0.316. The molecule has 26 heavy (non-hydrogen) atoms. The summed E-state index contributed by atoms with van der Waals surface area (Å²) in [5.41, 5.74) is 2.60. The highest BCUT2D eigenvalue weighted by molar-refractivity contribution is 7.92. The highest BCUT2D eigenvalue weighted by Crippen LogP contribution is 2.23. The van der Waals surface area contributed by atoms with E-state index in [1.165, 1.54) is 11.4 Å². The molecule has 140 valence electrons. The Morgan fingerprint density at radius 3 is 2.54 bits per heavy atom. The van der Waals surface area contributed by atoms with Crippen LogP contribution in [0, 0.1) is 6.92 Å². The topological polar surface area (TPSA) is 75.7 Å². The Hall–Kier alpha value is -2.54. The number of rotatable bonds is 8. The Bertz CT molecular complexity index is 865. The second-order valence-electron chi connectivity index (χ2n) is 6.05. The summed E-state index contributed by atoms with van der Waals surface area (Å²) in [6, 6.07) is 14.6. The van der Waals surface area contributed by atoms with Crippen LogP contribution >= 0.6 is 0 Å². The van der Waals surface area contributed by atoms with E-state index in [-0.39, 0.29) is 18.9 Å². The first-order valence-electron chi connectivity index (χ1n) is 8.23. The van der Waals surface area contributed by atoms with Gasteiger partial charge in [0.05, 0.1) is 19.1 Å². The van der Waals surface area contributed by atoms with Crippen LogP contribution in [0.25, 0.3) is 0 Å². The summed E-state index contributed by atoms with van der Waals surface area (Å²) in [5, 5.41) is 2.82. The number of anilines is 1.